The predicted molar refractivity (Wildman–Crippen MR) is 125 cm³/mol. The van der Waals surface area contributed by atoms with Gasteiger partial charge < -0.3 is 9.47 Å². The second kappa shape index (κ2) is 9.87. The maximum Gasteiger partial charge on any atom is 0.340 e. The van der Waals surface area contributed by atoms with Crippen molar-refractivity contribution in [2.45, 2.75) is 32.3 Å². The molecular formula is C25H25NO6S. The average Bonchev–Trinajstić information content (AvgIpc) is 2.78. The molecule has 0 spiro atoms. The minimum atomic E-state index is -3.93. The molecule has 7 nitrogen and oxygen atoms in total. The van der Waals surface area contributed by atoms with Crippen molar-refractivity contribution in [1.29, 1.82) is 0 Å². The summed E-state index contributed by atoms with van der Waals surface area (Å²) in [7, 11) is -2.45. The van der Waals surface area contributed by atoms with Crippen molar-refractivity contribution in [3.8, 4) is 5.75 Å². The fraction of sp³-hybridized carbons (Fsp3) is 0.200. The number of hydrogen-bond acceptors (Lipinski definition) is 6. The Kier molecular flexibility index (Phi) is 7.18. The smallest absolute Gasteiger partial charge is 0.340 e. The van der Waals surface area contributed by atoms with Crippen LogP contribution in [-0.2, 0) is 21.4 Å². The van der Waals surface area contributed by atoms with Crippen molar-refractivity contribution in [2.75, 3.05) is 11.8 Å². The van der Waals surface area contributed by atoms with Crippen molar-refractivity contribution in [3.05, 3.63) is 88.5 Å². The molecule has 1 N–H and O–H groups in total. The van der Waals surface area contributed by atoms with Gasteiger partial charge in [-0.2, -0.15) is 0 Å². The maximum absolute atomic E-state index is 13.0. The number of benzene rings is 3. The second-order valence-corrected chi connectivity index (χ2v) is 9.23. The van der Waals surface area contributed by atoms with Crippen LogP contribution in [-0.4, -0.2) is 27.3 Å². The van der Waals surface area contributed by atoms with E-state index in [1.807, 2.05) is 6.07 Å². The predicted octanol–water partition coefficient (Wildman–Crippen LogP) is 4.67. The first-order valence-corrected chi connectivity index (χ1v) is 11.6. The minimum Gasteiger partial charge on any atom is -0.496 e. The Balaban J connectivity index is 1.85. The van der Waals surface area contributed by atoms with Crippen molar-refractivity contribution in [3.63, 3.8) is 0 Å². The molecule has 0 aliphatic rings. The number of para-hydroxylation sites is 1. The minimum absolute atomic E-state index is 0.0630. The molecule has 0 aliphatic heterocycles. The zero-order chi connectivity index (χ0) is 24.2. The van der Waals surface area contributed by atoms with Crippen LogP contribution in [0.4, 0.5) is 5.69 Å². The van der Waals surface area contributed by atoms with Crippen molar-refractivity contribution in [2.24, 2.45) is 0 Å². The number of methoxy groups -OCH3 is 1. The summed E-state index contributed by atoms with van der Waals surface area (Å²) in [5, 5.41) is 0. The fourth-order valence-corrected chi connectivity index (χ4v) is 4.69. The molecule has 33 heavy (non-hydrogen) atoms. The zero-order valence-corrected chi connectivity index (χ0v) is 19.7. The van der Waals surface area contributed by atoms with Crippen LogP contribution in [0.5, 0.6) is 5.75 Å². The Morgan fingerprint density at radius 3 is 2.39 bits per heavy atom. The number of ketones is 1. The van der Waals surface area contributed by atoms with Gasteiger partial charge in [0.25, 0.3) is 10.0 Å². The van der Waals surface area contributed by atoms with E-state index < -0.39 is 16.0 Å². The van der Waals surface area contributed by atoms with Crippen LogP contribution in [0.25, 0.3) is 0 Å². The standard InChI is InChI=1S/C25H25NO6S/c1-16-9-10-17(2)24(13-16)33(29,30)26-22-8-6-5-7-21(22)25(28)32-15-20-14-19(18(3)27)11-12-23(20)31-4/h5-14,26H,15H2,1-4H3. The molecule has 0 aromatic heterocycles. The quantitative estimate of drug-likeness (QED) is 0.382. The summed E-state index contributed by atoms with van der Waals surface area (Å²) in [6, 6.07) is 16.2. The summed E-state index contributed by atoms with van der Waals surface area (Å²) in [5.41, 5.74) is 2.54. The van der Waals surface area contributed by atoms with Crippen LogP contribution < -0.4 is 9.46 Å². The number of aryl methyl sites for hydroxylation is 2. The molecule has 3 aromatic carbocycles. The molecule has 0 radical (unpaired) electrons. The summed E-state index contributed by atoms with van der Waals surface area (Å²) in [5.74, 6) is -0.377. The number of sulfonamides is 1. The zero-order valence-electron chi connectivity index (χ0n) is 18.8. The van der Waals surface area contributed by atoms with E-state index in [2.05, 4.69) is 4.72 Å². The molecule has 0 heterocycles. The van der Waals surface area contributed by atoms with Gasteiger partial charge in [-0.25, -0.2) is 13.2 Å². The van der Waals surface area contributed by atoms with E-state index in [9.17, 15) is 18.0 Å². The van der Waals surface area contributed by atoms with Crippen LogP contribution in [0.1, 0.15) is 44.3 Å². The largest absolute Gasteiger partial charge is 0.496 e. The molecule has 8 heteroatoms. The van der Waals surface area contributed by atoms with E-state index in [4.69, 9.17) is 9.47 Å². The first kappa shape index (κ1) is 24.0. The summed E-state index contributed by atoms with van der Waals surface area (Å²) in [6.45, 7) is 4.80. The molecule has 0 saturated heterocycles. The molecule has 0 unspecified atom stereocenters. The van der Waals surface area contributed by atoms with Crippen LogP contribution in [0.3, 0.4) is 0 Å². The monoisotopic (exact) mass is 467 g/mol. The molecule has 0 amide bonds. The van der Waals surface area contributed by atoms with E-state index in [-0.39, 0.29) is 28.5 Å². The third kappa shape index (κ3) is 5.59. The average molecular weight is 468 g/mol. The molecule has 172 valence electrons. The van der Waals surface area contributed by atoms with Gasteiger partial charge in [0, 0.05) is 11.1 Å². The SMILES string of the molecule is COc1ccc(C(C)=O)cc1COC(=O)c1ccccc1NS(=O)(=O)c1cc(C)ccc1C. The first-order valence-electron chi connectivity index (χ1n) is 10.2. The van der Waals surface area contributed by atoms with Crippen molar-refractivity contribution < 1.29 is 27.5 Å². The highest BCUT2D eigenvalue weighted by atomic mass is 32.2. The van der Waals surface area contributed by atoms with Gasteiger partial charge in [-0.15, -0.1) is 0 Å². The fourth-order valence-electron chi connectivity index (χ4n) is 3.28. The normalized spacial score (nSPS) is 11.0. The Labute approximate surface area is 193 Å². The molecule has 0 bridgehead atoms. The topological polar surface area (TPSA) is 98.8 Å². The van der Waals surface area contributed by atoms with E-state index >= 15 is 0 Å². The second-order valence-electron chi connectivity index (χ2n) is 7.58. The van der Waals surface area contributed by atoms with Crippen LogP contribution in [0.15, 0.2) is 65.6 Å². The third-order valence-corrected chi connectivity index (χ3v) is 6.58. The Bertz CT molecular complexity index is 1310. The molecule has 0 fully saturated rings. The highest BCUT2D eigenvalue weighted by molar-refractivity contribution is 7.92. The molecular weight excluding hydrogens is 442 g/mol. The highest BCUT2D eigenvalue weighted by Gasteiger charge is 2.21. The number of carbonyl (C=O) groups excluding carboxylic acids is 2. The Hall–Kier alpha value is -3.65. The lowest BCUT2D eigenvalue weighted by Crippen LogP contribution is -2.17. The van der Waals surface area contributed by atoms with Gasteiger partial charge in [0.1, 0.15) is 12.4 Å². The van der Waals surface area contributed by atoms with E-state index in [0.29, 0.717) is 22.4 Å². The summed E-state index contributed by atoms with van der Waals surface area (Å²) < 4.78 is 39.2. The van der Waals surface area contributed by atoms with Gasteiger partial charge in [-0.3, -0.25) is 9.52 Å². The number of rotatable bonds is 8. The maximum atomic E-state index is 13.0. The van der Waals surface area contributed by atoms with Gasteiger partial charge in [-0.1, -0.05) is 24.3 Å². The lowest BCUT2D eigenvalue weighted by atomic mass is 10.1. The van der Waals surface area contributed by atoms with Crippen LogP contribution >= 0.6 is 0 Å². The number of carbonyl (C=O) groups is 2. The van der Waals surface area contributed by atoms with E-state index in [0.717, 1.165) is 5.56 Å². The Morgan fingerprint density at radius 2 is 1.70 bits per heavy atom. The van der Waals surface area contributed by atoms with Gasteiger partial charge in [0.05, 0.1) is 23.3 Å². The number of Topliss-reactive ketones (excluding diaryl/α,β-unsaturated/α-hetero) is 1. The van der Waals surface area contributed by atoms with Gasteiger partial charge in [-0.05, 0) is 68.3 Å². The molecule has 0 saturated carbocycles. The van der Waals surface area contributed by atoms with Crippen LogP contribution in [0.2, 0.25) is 0 Å². The van der Waals surface area contributed by atoms with E-state index in [1.54, 1.807) is 56.3 Å². The molecule has 0 atom stereocenters. The number of hydrogen-bond donors (Lipinski definition) is 1. The molecule has 3 rings (SSSR count). The van der Waals surface area contributed by atoms with Gasteiger partial charge in [0.15, 0.2) is 5.78 Å². The Morgan fingerprint density at radius 1 is 0.970 bits per heavy atom. The van der Waals surface area contributed by atoms with Gasteiger partial charge in [0.2, 0.25) is 0 Å². The van der Waals surface area contributed by atoms with Crippen molar-refractivity contribution >= 4 is 27.5 Å². The number of anilines is 1. The number of esters is 1. The lowest BCUT2D eigenvalue weighted by molar-refractivity contribution is 0.0471. The van der Waals surface area contributed by atoms with E-state index in [1.165, 1.54) is 26.2 Å². The first-order chi connectivity index (χ1) is 15.6. The molecule has 3 aromatic rings. The summed E-state index contributed by atoms with van der Waals surface area (Å²) >= 11 is 0. The highest BCUT2D eigenvalue weighted by Crippen LogP contribution is 2.25. The van der Waals surface area contributed by atoms with Crippen LogP contribution in [0, 0.1) is 13.8 Å². The summed E-state index contributed by atoms with van der Waals surface area (Å²) in [4.78, 5) is 24.7. The number of ether oxygens (including phenoxy) is 2. The third-order valence-electron chi connectivity index (χ3n) is 5.07. The number of nitrogens with one attached hydrogen (secondary N) is 1. The van der Waals surface area contributed by atoms with Crippen molar-refractivity contribution in [1.82, 2.24) is 0 Å². The summed E-state index contributed by atoms with van der Waals surface area (Å²) in [6.07, 6.45) is 0. The molecule has 0 aliphatic carbocycles. The van der Waals surface area contributed by atoms with Gasteiger partial charge >= 0.3 is 5.97 Å². The lowest BCUT2D eigenvalue weighted by Gasteiger charge is -2.15.